The van der Waals surface area contributed by atoms with Gasteiger partial charge < -0.3 is 0 Å². The molecule has 0 radical (unpaired) electrons. The summed E-state index contributed by atoms with van der Waals surface area (Å²) in [6.07, 6.45) is 2.51. The van der Waals surface area contributed by atoms with E-state index >= 15 is 0 Å². The average Bonchev–Trinajstić information content (AvgIpc) is 1.89. The summed E-state index contributed by atoms with van der Waals surface area (Å²) in [4.78, 5) is 7.68. The molecule has 0 aliphatic carbocycles. The molecule has 0 heterocycles. The fourth-order valence-corrected chi connectivity index (χ4v) is 1.08. The SMILES string of the molecule is CCCCSNOCC. The van der Waals surface area contributed by atoms with E-state index in [0.717, 1.165) is 12.4 Å². The van der Waals surface area contributed by atoms with Crippen molar-refractivity contribution >= 4 is 11.9 Å². The summed E-state index contributed by atoms with van der Waals surface area (Å²) >= 11 is 1.63. The minimum absolute atomic E-state index is 0.735. The molecule has 9 heavy (non-hydrogen) atoms. The van der Waals surface area contributed by atoms with Crippen LogP contribution < -0.4 is 4.89 Å². The molecule has 0 aromatic carbocycles. The summed E-state index contributed by atoms with van der Waals surface area (Å²) < 4.78 is 0. The van der Waals surface area contributed by atoms with Crippen molar-refractivity contribution in [3.63, 3.8) is 0 Å². The number of nitrogens with one attached hydrogen (secondary N) is 1. The van der Waals surface area contributed by atoms with Crippen molar-refractivity contribution in [1.82, 2.24) is 4.89 Å². The molecule has 0 unspecified atom stereocenters. The van der Waals surface area contributed by atoms with Gasteiger partial charge in [0.2, 0.25) is 0 Å². The third-order valence-corrected chi connectivity index (χ3v) is 1.59. The van der Waals surface area contributed by atoms with Gasteiger partial charge >= 0.3 is 0 Å². The normalized spacial score (nSPS) is 10.0. The number of unbranched alkanes of at least 4 members (excludes halogenated alkanes) is 1. The number of rotatable bonds is 6. The van der Waals surface area contributed by atoms with Crippen LogP contribution in [0.5, 0.6) is 0 Å². The van der Waals surface area contributed by atoms with Crippen LogP contribution in [0.25, 0.3) is 0 Å². The van der Waals surface area contributed by atoms with Gasteiger partial charge in [0.05, 0.1) is 6.61 Å². The zero-order valence-corrected chi connectivity index (χ0v) is 6.96. The van der Waals surface area contributed by atoms with E-state index in [-0.39, 0.29) is 0 Å². The minimum Gasteiger partial charge on any atom is -0.292 e. The summed E-state index contributed by atoms with van der Waals surface area (Å²) in [7, 11) is 0. The standard InChI is InChI=1S/C6H15NOS/c1-3-5-6-9-7-8-4-2/h7H,3-6H2,1-2H3. The Hall–Kier alpha value is 0.270. The molecule has 56 valence electrons. The van der Waals surface area contributed by atoms with Crippen molar-refractivity contribution in [2.24, 2.45) is 0 Å². The van der Waals surface area contributed by atoms with Gasteiger partial charge in [-0.05, 0) is 13.3 Å². The van der Waals surface area contributed by atoms with Crippen LogP contribution in [0, 0.1) is 0 Å². The van der Waals surface area contributed by atoms with E-state index in [2.05, 4.69) is 11.8 Å². The summed E-state index contributed by atoms with van der Waals surface area (Å²) in [6, 6.07) is 0. The van der Waals surface area contributed by atoms with Crippen molar-refractivity contribution in [2.45, 2.75) is 26.7 Å². The second-order valence-corrected chi connectivity index (χ2v) is 2.58. The van der Waals surface area contributed by atoms with E-state index in [1.54, 1.807) is 11.9 Å². The highest BCUT2D eigenvalue weighted by atomic mass is 32.2. The van der Waals surface area contributed by atoms with E-state index in [9.17, 15) is 0 Å². The van der Waals surface area contributed by atoms with Crippen LogP contribution in [-0.2, 0) is 4.84 Å². The molecule has 0 aliphatic heterocycles. The van der Waals surface area contributed by atoms with Gasteiger partial charge in [-0.3, -0.25) is 4.84 Å². The lowest BCUT2D eigenvalue weighted by Crippen LogP contribution is -2.04. The summed E-state index contributed by atoms with van der Waals surface area (Å²) in [5.41, 5.74) is 0. The molecule has 0 atom stereocenters. The second-order valence-electron chi connectivity index (χ2n) is 1.72. The summed E-state index contributed by atoms with van der Waals surface area (Å²) in [5.74, 6) is 1.14. The monoisotopic (exact) mass is 149 g/mol. The highest BCUT2D eigenvalue weighted by Gasteiger charge is 1.84. The summed E-state index contributed by atoms with van der Waals surface area (Å²) in [6.45, 7) is 4.88. The maximum atomic E-state index is 4.89. The van der Waals surface area contributed by atoms with Crippen LogP contribution in [0.4, 0.5) is 0 Å². The van der Waals surface area contributed by atoms with Gasteiger partial charge in [-0.15, -0.1) is 4.89 Å². The second kappa shape index (κ2) is 8.27. The highest BCUT2D eigenvalue weighted by molar-refractivity contribution is 7.97. The maximum absolute atomic E-state index is 4.89. The van der Waals surface area contributed by atoms with Crippen molar-refractivity contribution in [2.75, 3.05) is 12.4 Å². The molecule has 0 aromatic rings. The first kappa shape index (κ1) is 9.27. The van der Waals surface area contributed by atoms with E-state index in [0.29, 0.717) is 0 Å². The third kappa shape index (κ3) is 8.27. The molecular formula is C6H15NOS. The van der Waals surface area contributed by atoms with Crippen LogP contribution in [0.2, 0.25) is 0 Å². The van der Waals surface area contributed by atoms with Crippen LogP contribution in [-0.4, -0.2) is 12.4 Å². The molecule has 0 spiro atoms. The van der Waals surface area contributed by atoms with Crippen LogP contribution in [0.1, 0.15) is 26.7 Å². The molecule has 0 bridgehead atoms. The van der Waals surface area contributed by atoms with E-state index in [4.69, 9.17) is 4.84 Å². The Morgan fingerprint density at radius 2 is 2.22 bits per heavy atom. The molecule has 0 fully saturated rings. The third-order valence-electron chi connectivity index (χ3n) is 0.862. The summed E-state index contributed by atoms with van der Waals surface area (Å²) in [5, 5.41) is 0. The van der Waals surface area contributed by atoms with Gasteiger partial charge in [0.25, 0.3) is 0 Å². The van der Waals surface area contributed by atoms with Crippen LogP contribution >= 0.6 is 11.9 Å². The smallest absolute Gasteiger partial charge is 0.0664 e. The molecule has 0 amide bonds. The van der Waals surface area contributed by atoms with Crippen molar-refractivity contribution in [3.8, 4) is 0 Å². The lowest BCUT2D eigenvalue weighted by Gasteiger charge is -1.99. The van der Waals surface area contributed by atoms with Gasteiger partial charge in [0, 0.05) is 5.75 Å². The molecule has 0 aliphatic rings. The Bertz CT molecular complexity index is 46.3. The lowest BCUT2D eigenvalue weighted by atomic mass is 10.4. The molecule has 1 N–H and O–H groups in total. The molecular weight excluding hydrogens is 134 g/mol. The molecule has 0 saturated heterocycles. The van der Waals surface area contributed by atoms with Gasteiger partial charge in [0.1, 0.15) is 0 Å². The average molecular weight is 149 g/mol. The fourth-order valence-electron chi connectivity index (χ4n) is 0.359. The van der Waals surface area contributed by atoms with Crippen molar-refractivity contribution < 1.29 is 4.84 Å². The van der Waals surface area contributed by atoms with Gasteiger partial charge in [0.15, 0.2) is 0 Å². The topological polar surface area (TPSA) is 21.3 Å². The zero-order valence-electron chi connectivity index (χ0n) is 6.14. The lowest BCUT2D eigenvalue weighted by molar-refractivity contribution is 0.114. The first-order chi connectivity index (χ1) is 4.41. The first-order valence-electron chi connectivity index (χ1n) is 3.40. The number of hydrogen-bond donors (Lipinski definition) is 1. The van der Waals surface area contributed by atoms with Gasteiger partial charge in [-0.2, -0.15) is 0 Å². The Morgan fingerprint density at radius 1 is 1.44 bits per heavy atom. The quantitative estimate of drug-likeness (QED) is 0.354. The van der Waals surface area contributed by atoms with E-state index < -0.39 is 0 Å². The molecule has 0 aromatic heterocycles. The Morgan fingerprint density at radius 3 is 2.78 bits per heavy atom. The Kier molecular flexibility index (Phi) is 8.52. The number of hydrogen-bond acceptors (Lipinski definition) is 3. The minimum atomic E-state index is 0.735. The van der Waals surface area contributed by atoms with Crippen molar-refractivity contribution in [1.29, 1.82) is 0 Å². The predicted octanol–water partition coefficient (Wildman–Crippen LogP) is 1.98. The molecule has 2 nitrogen and oxygen atoms in total. The van der Waals surface area contributed by atoms with Gasteiger partial charge in [-0.25, -0.2) is 0 Å². The largest absolute Gasteiger partial charge is 0.292 e. The first-order valence-corrected chi connectivity index (χ1v) is 4.39. The van der Waals surface area contributed by atoms with E-state index in [1.807, 2.05) is 6.92 Å². The Balaban J connectivity index is 2.60. The maximum Gasteiger partial charge on any atom is 0.0664 e. The Labute approximate surface area is 61.4 Å². The van der Waals surface area contributed by atoms with Gasteiger partial charge in [-0.1, -0.05) is 25.3 Å². The van der Waals surface area contributed by atoms with Crippen LogP contribution in [0.15, 0.2) is 0 Å². The fraction of sp³-hybridized carbons (Fsp3) is 1.00. The highest BCUT2D eigenvalue weighted by Crippen LogP contribution is 1.98. The van der Waals surface area contributed by atoms with Crippen LogP contribution in [0.3, 0.4) is 0 Å². The van der Waals surface area contributed by atoms with Crippen molar-refractivity contribution in [3.05, 3.63) is 0 Å². The molecule has 0 rings (SSSR count). The molecule has 0 saturated carbocycles. The molecule has 3 heteroatoms. The zero-order chi connectivity index (χ0) is 6.95. The van der Waals surface area contributed by atoms with E-state index in [1.165, 1.54) is 12.8 Å². The predicted molar refractivity (Wildman–Crippen MR) is 42.1 cm³/mol.